The van der Waals surface area contributed by atoms with E-state index in [2.05, 4.69) is 60.2 Å². The van der Waals surface area contributed by atoms with Crippen LogP contribution in [0, 0.1) is 0 Å². The van der Waals surface area contributed by atoms with Gasteiger partial charge in [-0.05, 0) is 38.6 Å². The van der Waals surface area contributed by atoms with Gasteiger partial charge in [-0.3, -0.25) is 19.5 Å². The molecule has 1 aromatic carbocycles. The molecule has 25 heavy (non-hydrogen) atoms. The number of aliphatic hydroxyl groups is 1. The van der Waals surface area contributed by atoms with Crippen LogP contribution in [0.1, 0.15) is 35.3 Å². The second-order valence-corrected chi connectivity index (χ2v) is 7.09. The van der Waals surface area contributed by atoms with Crippen LogP contribution in [0.3, 0.4) is 0 Å². The molecule has 1 aliphatic rings. The van der Waals surface area contributed by atoms with Crippen molar-refractivity contribution in [1.29, 1.82) is 0 Å². The number of hydrogen-bond acceptors (Lipinski definition) is 4. The van der Waals surface area contributed by atoms with Crippen molar-refractivity contribution in [3.8, 4) is 0 Å². The highest BCUT2D eigenvalue weighted by atomic mass is 16.3. The molecule has 0 aliphatic carbocycles. The molecule has 1 aliphatic heterocycles. The number of aliphatic hydroxyl groups excluding tert-OH is 1. The van der Waals surface area contributed by atoms with E-state index >= 15 is 0 Å². The second-order valence-electron chi connectivity index (χ2n) is 7.09. The maximum atomic E-state index is 12.2. The molecule has 0 saturated heterocycles. The van der Waals surface area contributed by atoms with Crippen LogP contribution >= 0.6 is 0 Å². The number of nitrogens with zero attached hydrogens (tertiary/aromatic N) is 3. The standard InChI is InChI=1S/C19H28N4O2/c1-14(21(2)3)16-6-4-5-15(11-16)12-22-8-7-17-18(13-22)20-23(9-10-24)19(17)25/h4-6,11,14,20,24H,7-10,12-13H2,1-3H3. The van der Waals surface area contributed by atoms with Crippen molar-refractivity contribution in [2.24, 2.45) is 0 Å². The molecule has 2 N–H and O–H groups in total. The number of H-pyrrole nitrogens is 1. The summed E-state index contributed by atoms with van der Waals surface area (Å²) < 4.78 is 1.52. The normalized spacial score (nSPS) is 16.2. The Morgan fingerprint density at radius 1 is 1.36 bits per heavy atom. The first-order valence-corrected chi connectivity index (χ1v) is 8.88. The lowest BCUT2D eigenvalue weighted by Gasteiger charge is -2.27. The number of hydrogen-bond donors (Lipinski definition) is 2. The quantitative estimate of drug-likeness (QED) is 0.830. The van der Waals surface area contributed by atoms with E-state index in [9.17, 15) is 4.79 Å². The summed E-state index contributed by atoms with van der Waals surface area (Å²) >= 11 is 0. The average Bonchev–Trinajstić information content (AvgIpc) is 2.90. The number of aromatic amines is 1. The van der Waals surface area contributed by atoms with Crippen molar-refractivity contribution in [1.82, 2.24) is 19.6 Å². The van der Waals surface area contributed by atoms with Crippen LogP contribution in [-0.2, 0) is 26.1 Å². The van der Waals surface area contributed by atoms with E-state index in [0.717, 1.165) is 37.3 Å². The van der Waals surface area contributed by atoms with Crippen LogP contribution in [0.5, 0.6) is 0 Å². The number of benzene rings is 1. The van der Waals surface area contributed by atoms with Gasteiger partial charge in [-0.1, -0.05) is 24.3 Å². The van der Waals surface area contributed by atoms with Crippen LogP contribution in [0.2, 0.25) is 0 Å². The first kappa shape index (κ1) is 17.9. The summed E-state index contributed by atoms with van der Waals surface area (Å²) in [5.74, 6) is 0. The Bertz CT molecular complexity index is 778. The van der Waals surface area contributed by atoms with Crippen molar-refractivity contribution in [2.75, 3.05) is 27.2 Å². The SMILES string of the molecule is CC(c1cccc(CN2CCc3c([nH]n(CCO)c3=O)C2)c1)N(C)C. The second kappa shape index (κ2) is 7.56. The molecule has 1 atom stereocenters. The number of aromatic nitrogens is 2. The van der Waals surface area contributed by atoms with E-state index in [1.54, 1.807) is 0 Å². The maximum Gasteiger partial charge on any atom is 0.270 e. The average molecular weight is 344 g/mol. The Labute approximate surface area is 148 Å². The van der Waals surface area contributed by atoms with Gasteiger partial charge in [-0.2, -0.15) is 0 Å². The number of fused-ring (bicyclic) bond motifs is 1. The fourth-order valence-electron chi connectivity index (χ4n) is 3.43. The minimum absolute atomic E-state index is 0.0190. The molecule has 2 heterocycles. The Kier molecular flexibility index (Phi) is 5.42. The smallest absolute Gasteiger partial charge is 0.270 e. The van der Waals surface area contributed by atoms with E-state index < -0.39 is 0 Å². The predicted molar refractivity (Wildman–Crippen MR) is 98.5 cm³/mol. The molecule has 2 aromatic rings. The van der Waals surface area contributed by atoms with Crippen LogP contribution in [0.4, 0.5) is 0 Å². The van der Waals surface area contributed by atoms with Gasteiger partial charge in [0.15, 0.2) is 0 Å². The largest absolute Gasteiger partial charge is 0.394 e. The summed E-state index contributed by atoms with van der Waals surface area (Å²) in [6, 6.07) is 9.13. The fourth-order valence-corrected chi connectivity index (χ4v) is 3.43. The molecule has 136 valence electrons. The zero-order valence-electron chi connectivity index (χ0n) is 15.3. The first-order chi connectivity index (χ1) is 12.0. The molecule has 0 amide bonds. The summed E-state index contributed by atoms with van der Waals surface area (Å²) in [6.45, 7) is 5.01. The van der Waals surface area contributed by atoms with Crippen molar-refractivity contribution < 1.29 is 5.11 Å². The third kappa shape index (κ3) is 3.86. The maximum absolute atomic E-state index is 12.2. The minimum atomic E-state index is -0.0279. The molecular weight excluding hydrogens is 316 g/mol. The molecule has 0 fully saturated rings. The predicted octanol–water partition coefficient (Wildman–Crippen LogP) is 1.35. The van der Waals surface area contributed by atoms with Crippen molar-refractivity contribution in [2.45, 2.75) is 39.0 Å². The van der Waals surface area contributed by atoms with Gasteiger partial charge in [0.1, 0.15) is 0 Å². The third-order valence-corrected chi connectivity index (χ3v) is 5.14. The van der Waals surface area contributed by atoms with E-state index in [0.29, 0.717) is 12.6 Å². The Morgan fingerprint density at radius 2 is 2.16 bits per heavy atom. The highest BCUT2D eigenvalue weighted by Gasteiger charge is 2.22. The van der Waals surface area contributed by atoms with Gasteiger partial charge >= 0.3 is 0 Å². The monoisotopic (exact) mass is 344 g/mol. The van der Waals surface area contributed by atoms with Crippen molar-refractivity contribution >= 4 is 0 Å². The Hall–Kier alpha value is -1.89. The van der Waals surface area contributed by atoms with Gasteiger partial charge in [0.2, 0.25) is 0 Å². The van der Waals surface area contributed by atoms with Gasteiger partial charge in [0.25, 0.3) is 5.56 Å². The topological polar surface area (TPSA) is 64.5 Å². The molecule has 1 aromatic heterocycles. The molecule has 3 rings (SSSR count). The number of rotatable bonds is 6. The lowest BCUT2D eigenvalue weighted by molar-refractivity contribution is 0.240. The summed E-state index contributed by atoms with van der Waals surface area (Å²) in [6.07, 6.45) is 0.761. The summed E-state index contributed by atoms with van der Waals surface area (Å²) in [4.78, 5) is 16.8. The summed E-state index contributed by atoms with van der Waals surface area (Å²) in [5, 5.41) is 12.2. The zero-order valence-corrected chi connectivity index (χ0v) is 15.3. The van der Waals surface area contributed by atoms with Gasteiger partial charge in [0, 0.05) is 31.2 Å². The molecule has 6 heteroatoms. The highest BCUT2D eigenvalue weighted by molar-refractivity contribution is 5.26. The summed E-state index contributed by atoms with van der Waals surface area (Å²) in [5.41, 5.74) is 4.50. The van der Waals surface area contributed by atoms with Crippen LogP contribution in [-0.4, -0.2) is 51.9 Å². The van der Waals surface area contributed by atoms with E-state index in [-0.39, 0.29) is 12.2 Å². The first-order valence-electron chi connectivity index (χ1n) is 8.88. The molecular formula is C19H28N4O2. The molecule has 0 saturated carbocycles. The van der Waals surface area contributed by atoms with Gasteiger partial charge in [-0.15, -0.1) is 0 Å². The zero-order chi connectivity index (χ0) is 18.0. The van der Waals surface area contributed by atoms with Crippen LogP contribution < -0.4 is 5.56 Å². The van der Waals surface area contributed by atoms with Gasteiger partial charge < -0.3 is 10.0 Å². The minimum Gasteiger partial charge on any atom is -0.394 e. The van der Waals surface area contributed by atoms with E-state index in [4.69, 9.17) is 5.11 Å². The molecule has 0 radical (unpaired) electrons. The third-order valence-electron chi connectivity index (χ3n) is 5.14. The Morgan fingerprint density at radius 3 is 2.88 bits per heavy atom. The van der Waals surface area contributed by atoms with E-state index in [1.165, 1.54) is 15.8 Å². The van der Waals surface area contributed by atoms with E-state index in [1.807, 2.05) is 0 Å². The van der Waals surface area contributed by atoms with Crippen LogP contribution in [0.15, 0.2) is 29.1 Å². The molecule has 1 unspecified atom stereocenters. The molecule has 0 bridgehead atoms. The molecule has 0 spiro atoms. The lowest BCUT2D eigenvalue weighted by Crippen LogP contribution is -2.32. The Balaban J connectivity index is 1.72. The van der Waals surface area contributed by atoms with Crippen LogP contribution in [0.25, 0.3) is 0 Å². The van der Waals surface area contributed by atoms with Gasteiger partial charge in [-0.25, -0.2) is 0 Å². The summed E-state index contributed by atoms with van der Waals surface area (Å²) in [7, 11) is 4.19. The van der Waals surface area contributed by atoms with Crippen molar-refractivity contribution in [3.05, 3.63) is 57.0 Å². The number of nitrogens with one attached hydrogen (secondary N) is 1. The lowest BCUT2D eigenvalue weighted by atomic mass is 10.0. The van der Waals surface area contributed by atoms with Gasteiger partial charge in [0.05, 0.1) is 18.8 Å². The van der Waals surface area contributed by atoms with Crippen molar-refractivity contribution in [3.63, 3.8) is 0 Å². The molecule has 6 nitrogen and oxygen atoms in total. The highest BCUT2D eigenvalue weighted by Crippen LogP contribution is 2.21. The fraction of sp³-hybridized carbons (Fsp3) is 0.526.